The van der Waals surface area contributed by atoms with Crippen molar-refractivity contribution in [2.75, 3.05) is 26.2 Å². The van der Waals surface area contributed by atoms with Crippen molar-refractivity contribution in [1.82, 2.24) is 10.2 Å². The summed E-state index contributed by atoms with van der Waals surface area (Å²) in [7, 11) is 0. The number of fused-ring (bicyclic) bond motifs is 1. The molecule has 2 heterocycles. The Morgan fingerprint density at radius 1 is 1.21 bits per heavy atom. The van der Waals surface area contributed by atoms with Crippen molar-refractivity contribution < 1.29 is 23.5 Å². The summed E-state index contributed by atoms with van der Waals surface area (Å²) in [4.78, 5) is 26.6. The number of halogens is 1. The minimum Gasteiger partial charge on any atom is -0.483 e. The fourth-order valence-corrected chi connectivity index (χ4v) is 3.68. The minimum absolute atomic E-state index is 0.0504. The van der Waals surface area contributed by atoms with Gasteiger partial charge in [-0.3, -0.25) is 9.59 Å². The van der Waals surface area contributed by atoms with Crippen molar-refractivity contribution in [3.05, 3.63) is 59.9 Å². The molecule has 1 saturated heterocycles. The first-order valence-electron chi connectivity index (χ1n) is 9.28. The lowest BCUT2D eigenvalue weighted by molar-refractivity contribution is -0.138. The number of rotatable bonds is 3. The van der Waals surface area contributed by atoms with Crippen LogP contribution < -0.4 is 14.8 Å². The lowest BCUT2D eigenvalue weighted by Gasteiger charge is -2.42. The van der Waals surface area contributed by atoms with Crippen LogP contribution in [0.2, 0.25) is 0 Å². The van der Waals surface area contributed by atoms with Crippen LogP contribution in [0.4, 0.5) is 4.39 Å². The Labute approximate surface area is 162 Å². The maximum atomic E-state index is 13.7. The summed E-state index contributed by atoms with van der Waals surface area (Å²) in [6, 6.07) is 13.1. The highest BCUT2D eigenvalue weighted by atomic mass is 19.1. The average molecular weight is 384 g/mol. The predicted molar refractivity (Wildman–Crippen MR) is 99.8 cm³/mol. The van der Waals surface area contributed by atoms with E-state index in [1.54, 1.807) is 35.2 Å². The number of nitrogens with one attached hydrogen (secondary N) is 1. The Hall–Kier alpha value is -3.09. The van der Waals surface area contributed by atoms with E-state index < -0.39 is 11.4 Å². The van der Waals surface area contributed by atoms with Gasteiger partial charge in [-0.1, -0.05) is 24.3 Å². The molecule has 0 unspecified atom stereocenters. The second kappa shape index (κ2) is 7.50. The van der Waals surface area contributed by atoms with E-state index in [0.717, 1.165) is 12.8 Å². The van der Waals surface area contributed by atoms with E-state index >= 15 is 0 Å². The molecule has 0 radical (unpaired) electrons. The van der Waals surface area contributed by atoms with Gasteiger partial charge < -0.3 is 19.7 Å². The van der Waals surface area contributed by atoms with Crippen molar-refractivity contribution in [2.24, 2.45) is 0 Å². The number of carbonyl (C=O) groups is 2. The van der Waals surface area contributed by atoms with Crippen LogP contribution in [-0.4, -0.2) is 48.6 Å². The van der Waals surface area contributed by atoms with Gasteiger partial charge in [0.25, 0.3) is 11.8 Å². The van der Waals surface area contributed by atoms with Gasteiger partial charge in [-0.05, 0) is 37.1 Å². The first-order chi connectivity index (χ1) is 13.6. The highest BCUT2D eigenvalue weighted by Gasteiger charge is 2.42. The third-order valence-electron chi connectivity index (χ3n) is 5.11. The van der Waals surface area contributed by atoms with Crippen molar-refractivity contribution in [3.63, 3.8) is 0 Å². The normalized spacial score (nSPS) is 21.3. The summed E-state index contributed by atoms with van der Waals surface area (Å²) in [5.41, 5.74) is -0.195. The highest BCUT2D eigenvalue weighted by molar-refractivity contribution is 5.97. The third kappa shape index (κ3) is 3.65. The molecule has 1 spiro atoms. The number of hydrogen-bond acceptors (Lipinski definition) is 4. The van der Waals surface area contributed by atoms with Crippen LogP contribution in [0.5, 0.6) is 11.5 Å². The van der Waals surface area contributed by atoms with E-state index in [1.165, 1.54) is 12.1 Å². The Bertz CT molecular complexity index is 903. The molecule has 4 rings (SSSR count). The molecule has 7 heteroatoms. The average Bonchev–Trinajstić information content (AvgIpc) is 2.84. The molecule has 0 saturated carbocycles. The second-order valence-corrected chi connectivity index (χ2v) is 7.10. The fourth-order valence-electron chi connectivity index (χ4n) is 3.68. The first-order valence-corrected chi connectivity index (χ1v) is 9.28. The molecule has 146 valence electrons. The lowest BCUT2D eigenvalue weighted by Crippen LogP contribution is -2.58. The molecule has 1 N–H and O–H groups in total. The van der Waals surface area contributed by atoms with Crippen LogP contribution in [0.15, 0.2) is 48.5 Å². The number of carbonyl (C=O) groups excluding carboxylic acids is 2. The van der Waals surface area contributed by atoms with Gasteiger partial charge in [-0.15, -0.1) is 0 Å². The molecule has 0 aliphatic carbocycles. The van der Waals surface area contributed by atoms with Gasteiger partial charge in [0.05, 0.1) is 18.7 Å². The number of likely N-dealkylation sites (tertiary alicyclic amines) is 1. The Morgan fingerprint density at radius 3 is 2.86 bits per heavy atom. The first kappa shape index (κ1) is 18.3. The molecule has 6 nitrogen and oxygen atoms in total. The number of piperidine rings is 1. The molecule has 0 bridgehead atoms. The summed E-state index contributed by atoms with van der Waals surface area (Å²) in [5.74, 6) is -0.352. The van der Waals surface area contributed by atoms with Gasteiger partial charge in [0.1, 0.15) is 11.4 Å². The number of para-hydroxylation sites is 2. The Balaban J connectivity index is 1.46. The molecule has 2 aromatic rings. The number of ether oxygens (including phenoxy) is 2. The number of nitrogens with zero attached hydrogens (tertiary/aromatic N) is 1. The number of hydrogen-bond donors (Lipinski definition) is 1. The molecule has 0 aromatic heterocycles. The monoisotopic (exact) mass is 384 g/mol. The molecule has 1 atom stereocenters. The summed E-state index contributed by atoms with van der Waals surface area (Å²) < 4.78 is 25.3. The number of benzene rings is 2. The van der Waals surface area contributed by atoms with Crippen LogP contribution in [0.3, 0.4) is 0 Å². The van der Waals surface area contributed by atoms with E-state index in [2.05, 4.69) is 5.32 Å². The summed E-state index contributed by atoms with van der Waals surface area (Å²) in [5, 5.41) is 2.90. The predicted octanol–water partition coefficient (Wildman–Crippen LogP) is 2.39. The van der Waals surface area contributed by atoms with Gasteiger partial charge in [-0.2, -0.15) is 0 Å². The van der Waals surface area contributed by atoms with Crippen molar-refractivity contribution >= 4 is 11.8 Å². The Kier molecular flexibility index (Phi) is 4.90. The maximum Gasteiger partial charge on any atom is 0.260 e. The highest BCUT2D eigenvalue weighted by Crippen LogP contribution is 2.32. The van der Waals surface area contributed by atoms with E-state index in [1.807, 2.05) is 6.07 Å². The summed E-state index contributed by atoms with van der Waals surface area (Å²) in [6.45, 7) is 0.972. The largest absolute Gasteiger partial charge is 0.483 e. The molecule has 2 aliphatic heterocycles. The summed E-state index contributed by atoms with van der Waals surface area (Å²) >= 11 is 0. The van der Waals surface area contributed by atoms with Crippen molar-refractivity contribution in [1.29, 1.82) is 0 Å². The summed E-state index contributed by atoms with van der Waals surface area (Å²) in [6.07, 6.45) is 1.46. The zero-order valence-corrected chi connectivity index (χ0v) is 15.3. The second-order valence-electron chi connectivity index (χ2n) is 7.10. The maximum absolute atomic E-state index is 13.7. The fraction of sp³-hybridized carbons (Fsp3) is 0.333. The zero-order chi connectivity index (χ0) is 19.6. The van der Waals surface area contributed by atoms with Crippen LogP contribution in [-0.2, 0) is 4.79 Å². The van der Waals surface area contributed by atoms with Gasteiger partial charge in [0.2, 0.25) is 0 Å². The smallest absolute Gasteiger partial charge is 0.260 e. The van der Waals surface area contributed by atoms with E-state index in [9.17, 15) is 14.0 Å². The van der Waals surface area contributed by atoms with Crippen LogP contribution in [0.1, 0.15) is 23.2 Å². The quantitative estimate of drug-likeness (QED) is 0.882. The van der Waals surface area contributed by atoms with E-state index in [-0.39, 0.29) is 24.2 Å². The zero-order valence-electron chi connectivity index (χ0n) is 15.3. The van der Waals surface area contributed by atoms with E-state index in [0.29, 0.717) is 30.9 Å². The molecule has 2 aromatic carbocycles. The molecule has 2 amide bonds. The molecular formula is C21H21FN2O4. The van der Waals surface area contributed by atoms with Crippen LogP contribution in [0.25, 0.3) is 0 Å². The van der Waals surface area contributed by atoms with Crippen LogP contribution in [0, 0.1) is 5.82 Å². The lowest BCUT2D eigenvalue weighted by atomic mass is 9.92. The van der Waals surface area contributed by atoms with Gasteiger partial charge in [-0.25, -0.2) is 4.39 Å². The molecule has 28 heavy (non-hydrogen) atoms. The minimum atomic E-state index is -0.686. The molecular weight excluding hydrogens is 363 g/mol. The van der Waals surface area contributed by atoms with Crippen molar-refractivity contribution in [3.8, 4) is 11.5 Å². The third-order valence-corrected chi connectivity index (χ3v) is 5.11. The SMILES string of the molecule is O=C1NC[C@]2(CCCN(C(=O)COc3ccccc3F)C2)Oc2ccccc21. The molecule has 1 fully saturated rings. The van der Waals surface area contributed by atoms with Crippen molar-refractivity contribution in [2.45, 2.75) is 18.4 Å². The number of amides is 2. The van der Waals surface area contributed by atoms with Gasteiger partial charge in [0, 0.05) is 6.54 Å². The topological polar surface area (TPSA) is 67.9 Å². The standard InChI is InChI=1S/C21H21FN2O4/c22-16-7-2-4-9-18(16)27-12-19(25)24-11-5-10-21(14-24)13-23-20(26)15-6-1-3-8-17(15)28-21/h1-4,6-9H,5,10-14H2,(H,23,26)/t21-/m0/s1. The van der Waals surface area contributed by atoms with Gasteiger partial charge in [0.15, 0.2) is 18.2 Å². The van der Waals surface area contributed by atoms with Crippen LogP contribution >= 0.6 is 0 Å². The van der Waals surface area contributed by atoms with E-state index in [4.69, 9.17) is 9.47 Å². The van der Waals surface area contributed by atoms with Gasteiger partial charge >= 0.3 is 0 Å². The Morgan fingerprint density at radius 2 is 2.00 bits per heavy atom. The molecule has 2 aliphatic rings.